The lowest BCUT2D eigenvalue weighted by molar-refractivity contribution is 0.520. The number of aryl methyl sites for hydroxylation is 2. The van der Waals surface area contributed by atoms with Gasteiger partial charge >= 0.3 is 5.69 Å². The SMILES string of the molecule is Cc1cnn(CCn2c(N)cc(=O)[nH]c2=O)c1. The molecule has 0 aliphatic heterocycles. The minimum atomic E-state index is -0.501. The van der Waals surface area contributed by atoms with Gasteiger partial charge in [-0.2, -0.15) is 5.10 Å². The van der Waals surface area contributed by atoms with Gasteiger partial charge < -0.3 is 5.73 Å². The number of rotatable bonds is 3. The molecule has 0 aliphatic carbocycles. The molecule has 0 saturated carbocycles. The molecule has 2 heterocycles. The molecular formula is C10H13N5O2. The van der Waals surface area contributed by atoms with Crippen molar-refractivity contribution in [1.29, 1.82) is 0 Å². The van der Waals surface area contributed by atoms with E-state index >= 15 is 0 Å². The Labute approximate surface area is 96.5 Å². The number of aromatic nitrogens is 4. The molecule has 0 bridgehead atoms. The molecule has 2 rings (SSSR count). The van der Waals surface area contributed by atoms with Gasteiger partial charge in [-0.05, 0) is 12.5 Å². The minimum Gasteiger partial charge on any atom is -0.385 e. The van der Waals surface area contributed by atoms with Crippen LogP contribution in [0.3, 0.4) is 0 Å². The summed E-state index contributed by atoms with van der Waals surface area (Å²) in [6, 6.07) is 1.19. The van der Waals surface area contributed by atoms with Crippen LogP contribution in [0, 0.1) is 6.92 Å². The summed E-state index contributed by atoms with van der Waals surface area (Å²) >= 11 is 0. The number of hydrogen-bond acceptors (Lipinski definition) is 4. The number of anilines is 1. The first-order valence-electron chi connectivity index (χ1n) is 5.15. The van der Waals surface area contributed by atoms with E-state index in [1.807, 2.05) is 13.1 Å². The van der Waals surface area contributed by atoms with Crippen LogP contribution in [0.15, 0.2) is 28.0 Å². The van der Waals surface area contributed by atoms with Crippen LogP contribution in [0.1, 0.15) is 5.56 Å². The fourth-order valence-electron chi connectivity index (χ4n) is 1.56. The number of nitrogens with one attached hydrogen (secondary N) is 1. The monoisotopic (exact) mass is 235 g/mol. The molecule has 0 radical (unpaired) electrons. The number of nitrogens with two attached hydrogens (primary N) is 1. The Bertz CT molecular complexity index is 637. The van der Waals surface area contributed by atoms with Gasteiger partial charge in [-0.3, -0.25) is 19.0 Å². The predicted octanol–water partition coefficient (Wildman–Crippen LogP) is -0.676. The van der Waals surface area contributed by atoms with E-state index in [1.54, 1.807) is 10.9 Å². The highest BCUT2D eigenvalue weighted by atomic mass is 16.2. The number of H-pyrrole nitrogens is 1. The van der Waals surface area contributed by atoms with Gasteiger partial charge in [0.2, 0.25) is 0 Å². The lowest BCUT2D eigenvalue weighted by Crippen LogP contribution is -2.32. The first-order chi connectivity index (χ1) is 8.06. The van der Waals surface area contributed by atoms with Gasteiger partial charge in [-0.1, -0.05) is 0 Å². The van der Waals surface area contributed by atoms with Gasteiger partial charge in [0.1, 0.15) is 5.82 Å². The van der Waals surface area contributed by atoms with E-state index < -0.39 is 11.2 Å². The predicted molar refractivity (Wildman–Crippen MR) is 62.7 cm³/mol. The van der Waals surface area contributed by atoms with Crippen molar-refractivity contribution in [3.63, 3.8) is 0 Å². The molecule has 0 aliphatic rings. The summed E-state index contributed by atoms with van der Waals surface area (Å²) in [5.41, 5.74) is 5.66. The summed E-state index contributed by atoms with van der Waals surface area (Å²) in [5.74, 6) is 0.155. The number of nitrogens with zero attached hydrogens (tertiary/aromatic N) is 3. The highest BCUT2D eigenvalue weighted by Crippen LogP contribution is 1.97. The zero-order chi connectivity index (χ0) is 12.4. The molecule has 0 fully saturated rings. The highest BCUT2D eigenvalue weighted by molar-refractivity contribution is 5.25. The standard InChI is InChI=1S/C10H13N5O2/c1-7-5-12-14(6-7)2-3-15-8(11)4-9(16)13-10(15)17/h4-6H,2-3,11H2,1H3,(H,13,16,17). The Morgan fingerprint density at radius 1 is 1.41 bits per heavy atom. The topological polar surface area (TPSA) is 98.7 Å². The Balaban J connectivity index is 2.20. The van der Waals surface area contributed by atoms with Gasteiger partial charge in [-0.15, -0.1) is 0 Å². The van der Waals surface area contributed by atoms with Crippen molar-refractivity contribution < 1.29 is 0 Å². The second-order valence-electron chi connectivity index (χ2n) is 3.80. The molecule has 7 heteroatoms. The van der Waals surface area contributed by atoms with Crippen molar-refractivity contribution in [2.75, 3.05) is 5.73 Å². The van der Waals surface area contributed by atoms with Crippen molar-refractivity contribution in [3.05, 3.63) is 44.9 Å². The molecule has 3 N–H and O–H groups in total. The Morgan fingerprint density at radius 2 is 2.18 bits per heavy atom. The second kappa shape index (κ2) is 4.28. The Kier molecular flexibility index (Phi) is 2.82. The highest BCUT2D eigenvalue weighted by Gasteiger charge is 2.03. The van der Waals surface area contributed by atoms with Crippen molar-refractivity contribution in [2.24, 2.45) is 0 Å². The lowest BCUT2D eigenvalue weighted by atomic mass is 10.4. The maximum absolute atomic E-state index is 11.5. The third-order valence-electron chi connectivity index (χ3n) is 2.38. The fourth-order valence-corrected chi connectivity index (χ4v) is 1.56. The quantitative estimate of drug-likeness (QED) is 0.736. The van der Waals surface area contributed by atoms with Crippen LogP contribution in [0.2, 0.25) is 0 Å². The Hall–Kier alpha value is -2.31. The first-order valence-corrected chi connectivity index (χ1v) is 5.15. The fraction of sp³-hybridized carbons (Fsp3) is 0.300. The van der Waals surface area contributed by atoms with E-state index in [1.165, 1.54) is 10.6 Å². The smallest absolute Gasteiger partial charge is 0.329 e. The van der Waals surface area contributed by atoms with E-state index in [4.69, 9.17) is 5.73 Å². The van der Waals surface area contributed by atoms with Crippen LogP contribution in [-0.4, -0.2) is 19.3 Å². The Morgan fingerprint density at radius 3 is 2.76 bits per heavy atom. The second-order valence-corrected chi connectivity index (χ2v) is 3.80. The zero-order valence-electron chi connectivity index (χ0n) is 9.38. The maximum atomic E-state index is 11.5. The van der Waals surface area contributed by atoms with Crippen molar-refractivity contribution >= 4 is 5.82 Å². The van der Waals surface area contributed by atoms with Gasteiger partial charge in [0.15, 0.2) is 0 Å². The average Bonchev–Trinajstić information content (AvgIpc) is 2.62. The van der Waals surface area contributed by atoms with Crippen molar-refractivity contribution in [3.8, 4) is 0 Å². The molecule has 0 saturated heterocycles. The number of nitrogen functional groups attached to an aromatic ring is 1. The average molecular weight is 235 g/mol. The van der Waals surface area contributed by atoms with Crippen LogP contribution < -0.4 is 17.0 Å². The molecule has 7 nitrogen and oxygen atoms in total. The summed E-state index contributed by atoms with van der Waals surface area (Å²) in [4.78, 5) is 24.6. The summed E-state index contributed by atoms with van der Waals surface area (Å²) < 4.78 is 3.02. The van der Waals surface area contributed by atoms with E-state index in [-0.39, 0.29) is 5.82 Å². The van der Waals surface area contributed by atoms with Crippen molar-refractivity contribution in [1.82, 2.24) is 19.3 Å². The zero-order valence-corrected chi connectivity index (χ0v) is 9.38. The van der Waals surface area contributed by atoms with E-state index in [9.17, 15) is 9.59 Å². The molecule has 0 spiro atoms. The van der Waals surface area contributed by atoms with Crippen LogP contribution >= 0.6 is 0 Å². The summed E-state index contributed by atoms with van der Waals surface area (Å²) in [6.07, 6.45) is 3.60. The van der Waals surface area contributed by atoms with E-state index in [0.717, 1.165) is 5.56 Å². The van der Waals surface area contributed by atoms with Gasteiger partial charge in [0.05, 0.1) is 12.7 Å². The van der Waals surface area contributed by atoms with Gasteiger partial charge in [0.25, 0.3) is 5.56 Å². The lowest BCUT2D eigenvalue weighted by Gasteiger charge is -2.07. The molecule has 0 amide bonds. The van der Waals surface area contributed by atoms with E-state index in [2.05, 4.69) is 10.1 Å². The molecule has 0 atom stereocenters. The maximum Gasteiger partial charge on any atom is 0.329 e. The molecule has 0 unspecified atom stereocenters. The van der Waals surface area contributed by atoms with Gasteiger partial charge in [0, 0.05) is 18.8 Å². The van der Waals surface area contributed by atoms with Crippen LogP contribution in [0.4, 0.5) is 5.82 Å². The summed E-state index contributed by atoms with van der Waals surface area (Å²) in [6.45, 7) is 2.82. The molecular weight excluding hydrogens is 222 g/mol. The van der Waals surface area contributed by atoms with Crippen LogP contribution in [0.25, 0.3) is 0 Å². The summed E-state index contributed by atoms with van der Waals surface area (Å²) in [5, 5.41) is 4.10. The molecule has 90 valence electrons. The largest absolute Gasteiger partial charge is 0.385 e. The van der Waals surface area contributed by atoms with E-state index in [0.29, 0.717) is 13.1 Å². The van der Waals surface area contributed by atoms with Crippen molar-refractivity contribution in [2.45, 2.75) is 20.0 Å². The van der Waals surface area contributed by atoms with Gasteiger partial charge in [-0.25, -0.2) is 4.79 Å². The molecule has 2 aromatic rings. The third-order valence-corrected chi connectivity index (χ3v) is 2.38. The van der Waals surface area contributed by atoms with Crippen LogP contribution in [-0.2, 0) is 13.1 Å². The molecule has 0 aromatic carbocycles. The van der Waals surface area contributed by atoms with Crippen LogP contribution in [0.5, 0.6) is 0 Å². The molecule has 17 heavy (non-hydrogen) atoms. The minimum absolute atomic E-state index is 0.155. The number of aromatic amines is 1. The third kappa shape index (κ3) is 2.44. The number of hydrogen-bond donors (Lipinski definition) is 2. The summed E-state index contributed by atoms with van der Waals surface area (Å²) in [7, 11) is 0. The normalized spacial score (nSPS) is 10.6. The molecule has 2 aromatic heterocycles. The first kappa shape index (κ1) is 11.2.